The molecular weight excluding hydrogens is 312 g/mol. The van der Waals surface area contributed by atoms with Gasteiger partial charge in [-0.2, -0.15) is 9.40 Å². The van der Waals surface area contributed by atoms with Crippen LogP contribution in [0.2, 0.25) is 0 Å². The molecule has 8 heteroatoms. The van der Waals surface area contributed by atoms with Gasteiger partial charge in [-0.25, -0.2) is 8.42 Å². The SMILES string of the molecule is Cc1[nH]nc(S(=O)(=O)N(C)CCc2ccncc2)c1CCl. The van der Waals surface area contributed by atoms with Gasteiger partial charge in [-0.15, -0.1) is 11.6 Å². The molecule has 21 heavy (non-hydrogen) atoms. The minimum atomic E-state index is -3.64. The molecule has 2 rings (SSSR count). The summed E-state index contributed by atoms with van der Waals surface area (Å²) in [5.41, 5.74) is 2.22. The van der Waals surface area contributed by atoms with Crippen molar-refractivity contribution in [2.45, 2.75) is 24.3 Å². The first-order valence-corrected chi connectivity index (χ1v) is 8.39. The molecule has 0 unspecified atom stereocenters. The number of rotatable bonds is 6. The lowest BCUT2D eigenvalue weighted by Crippen LogP contribution is -2.30. The fourth-order valence-electron chi connectivity index (χ4n) is 1.90. The molecule has 0 amide bonds. The van der Waals surface area contributed by atoms with Crippen molar-refractivity contribution in [3.05, 3.63) is 41.3 Å². The van der Waals surface area contributed by atoms with Crippen LogP contribution in [0.15, 0.2) is 29.6 Å². The number of sulfonamides is 1. The number of nitrogens with one attached hydrogen (secondary N) is 1. The number of halogens is 1. The Balaban J connectivity index is 2.15. The van der Waals surface area contributed by atoms with E-state index >= 15 is 0 Å². The summed E-state index contributed by atoms with van der Waals surface area (Å²) >= 11 is 5.81. The van der Waals surface area contributed by atoms with Crippen LogP contribution < -0.4 is 0 Å². The molecule has 0 aliphatic heterocycles. The molecule has 0 atom stereocenters. The average Bonchev–Trinajstić information content (AvgIpc) is 2.87. The largest absolute Gasteiger partial charge is 0.281 e. The summed E-state index contributed by atoms with van der Waals surface area (Å²) in [7, 11) is -2.10. The highest BCUT2D eigenvalue weighted by Gasteiger charge is 2.27. The predicted octanol–water partition coefficient (Wildman–Crippen LogP) is 1.72. The lowest BCUT2D eigenvalue weighted by molar-refractivity contribution is 0.469. The number of aromatic amines is 1. The lowest BCUT2D eigenvalue weighted by atomic mass is 10.2. The molecule has 0 aromatic carbocycles. The second-order valence-corrected chi connectivity index (χ2v) is 6.93. The normalized spacial score (nSPS) is 12.0. The van der Waals surface area contributed by atoms with Crippen molar-refractivity contribution in [1.82, 2.24) is 19.5 Å². The van der Waals surface area contributed by atoms with E-state index in [0.29, 0.717) is 24.2 Å². The van der Waals surface area contributed by atoms with E-state index in [9.17, 15) is 8.42 Å². The number of H-pyrrole nitrogens is 1. The molecule has 0 radical (unpaired) electrons. The zero-order valence-electron chi connectivity index (χ0n) is 11.9. The van der Waals surface area contributed by atoms with Gasteiger partial charge in [0.1, 0.15) is 0 Å². The molecule has 0 aliphatic rings. The number of hydrogen-bond donors (Lipinski definition) is 1. The number of alkyl halides is 1. The Morgan fingerprint density at radius 2 is 2.00 bits per heavy atom. The summed E-state index contributed by atoms with van der Waals surface area (Å²) in [6.07, 6.45) is 3.98. The summed E-state index contributed by atoms with van der Waals surface area (Å²) in [6, 6.07) is 3.73. The Morgan fingerprint density at radius 1 is 1.33 bits per heavy atom. The topological polar surface area (TPSA) is 79.0 Å². The molecule has 1 N–H and O–H groups in total. The molecule has 0 spiro atoms. The zero-order chi connectivity index (χ0) is 15.5. The summed E-state index contributed by atoms with van der Waals surface area (Å²) < 4.78 is 26.3. The van der Waals surface area contributed by atoms with Gasteiger partial charge in [0.25, 0.3) is 10.0 Å². The quantitative estimate of drug-likeness (QED) is 0.819. The summed E-state index contributed by atoms with van der Waals surface area (Å²) in [6.45, 7) is 2.11. The minimum Gasteiger partial charge on any atom is -0.281 e. The van der Waals surface area contributed by atoms with Crippen LogP contribution in [0.3, 0.4) is 0 Å². The van der Waals surface area contributed by atoms with E-state index in [0.717, 1.165) is 5.56 Å². The average molecular weight is 329 g/mol. The molecule has 2 heterocycles. The van der Waals surface area contributed by atoms with E-state index in [1.54, 1.807) is 26.4 Å². The van der Waals surface area contributed by atoms with Crippen molar-refractivity contribution >= 4 is 21.6 Å². The van der Waals surface area contributed by atoms with Gasteiger partial charge >= 0.3 is 0 Å². The van der Waals surface area contributed by atoms with Gasteiger partial charge in [-0.3, -0.25) is 10.1 Å². The summed E-state index contributed by atoms with van der Waals surface area (Å²) in [5.74, 6) is 0.106. The van der Waals surface area contributed by atoms with Crippen LogP contribution in [0, 0.1) is 6.92 Å². The molecule has 0 saturated heterocycles. The fraction of sp³-hybridized carbons (Fsp3) is 0.385. The Hall–Kier alpha value is -1.44. The number of hydrogen-bond acceptors (Lipinski definition) is 4. The molecule has 0 saturated carbocycles. The van der Waals surface area contributed by atoms with Crippen LogP contribution in [0.4, 0.5) is 0 Å². The molecular formula is C13H17ClN4O2S. The molecule has 0 aliphatic carbocycles. The maximum Gasteiger partial charge on any atom is 0.262 e. The maximum absolute atomic E-state index is 12.5. The van der Waals surface area contributed by atoms with Gasteiger partial charge in [-0.1, -0.05) is 0 Å². The highest BCUT2D eigenvalue weighted by Crippen LogP contribution is 2.21. The number of pyridine rings is 1. The highest BCUT2D eigenvalue weighted by atomic mass is 35.5. The summed E-state index contributed by atoms with van der Waals surface area (Å²) in [4.78, 5) is 3.93. The van der Waals surface area contributed by atoms with E-state index in [1.165, 1.54) is 4.31 Å². The highest BCUT2D eigenvalue weighted by molar-refractivity contribution is 7.89. The van der Waals surface area contributed by atoms with Gasteiger partial charge in [0.15, 0.2) is 5.03 Å². The third-order valence-electron chi connectivity index (χ3n) is 3.29. The zero-order valence-corrected chi connectivity index (χ0v) is 13.4. The second kappa shape index (κ2) is 6.55. The number of aryl methyl sites for hydroxylation is 1. The van der Waals surface area contributed by atoms with E-state index in [1.807, 2.05) is 12.1 Å². The van der Waals surface area contributed by atoms with E-state index in [2.05, 4.69) is 15.2 Å². The van der Waals surface area contributed by atoms with Crippen molar-refractivity contribution in [2.24, 2.45) is 0 Å². The number of nitrogens with zero attached hydrogens (tertiary/aromatic N) is 3. The van der Waals surface area contributed by atoms with Crippen LogP contribution in [0.5, 0.6) is 0 Å². The van der Waals surface area contributed by atoms with Crippen LogP contribution in [0.25, 0.3) is 0 Å². The third-order valence-corrected chi connectivity index (χ3v) is 5.39. The van der Waals surface area contributed by atoms with Crippen LogP contribution in [0.1, 0.15) is 16.8 Å². The Bertz CT molecular complexity index is 700. The summed E-state index contributed by atoms with van der Waals surface area (Å²) in [5, 5.41) is 6.57. The second-order valence-electron chi connectivity index (χ2n) is 4.70. The van der Waals surface area contributed by atoms with Gasteiger partial charge in [0.05, 0.1) is 5.88 Å². The van der Waals surface area contributed by atoms with Gasteiger partial charge in [0.2, 0.25) is 0 Å². The van der Waals surface area contributed by atoms with Gasteiger partial charge in [0, 0.05) is 37.2 Å². The Morgan fingerprint density at radius 3 is 2.62 bits per heavy atom. The van der Waals surface area contributed by atoms with Crippen molar-refractivity contribution in [2.75, 3.05) is 13.6 Å². The van der Waals surface area contributed by atoms with Crippen molar-refractivity contribution in [1.29, 1.82) is 0 Å². The van der Waals surface area contributed by atoms with Crippen LogP contribution >= 0.6 is 11.6 Å². The van der Waals surface area contributed by atoms with Gasteiger partial charge in [-0.05, 0) is 31.0 Å². The maximum atomic E-state index is 12.5. The molecule has 6 nitrogen and oxygen atoms in total. The monoisotopic (exact) mass is 328 g/mol. The van der Waals surface area contributed by atoms with Crippen LogP contribution in [-0.4, -0.2) is 41.5 Å². The van der Waals surface area contributed by atoms with Crippen molar-refractivity contribution < 1.29 is 8.42 Å². The van der Waals surface area contributed by atoms with Crippen molar-refractivity contribution in [3.8, 4) is 0 Å². The van der Waals surface area contributed by atoms with Gasteiger partial charge < -0.3 is 0 Å². The van der Waals surface area contributed by atoms with E-state index in [4.69, 9.17) is 11.6 Å². The smallest absolute Gasteiger partial charge is 0.262 e. The standard InChI is InChI=1S/C13H17ClN4O2S/c1-10-12(9-14)13(17-16-10)21(19,20)18(2)8-5-11-3-6-15-7-4-11/h3-4,6-7H,5,8-9H2,1-2H3,(H,16,17). The van der Waals surface area contributed by atoms with Crippen LogP contribution in [-0.2, 0) is 22.3 Å². The molecule has 0 fully saturated rings. The molecule has 2 aromatic rings. The first-order chi connectivity index (χ1) is 9.96. The Labute approximate surface area is 129 Å². The Kier molecular flexibility index (Phi) is 4.97. The molecule has 114 valence electrons. The molecule has 2 aromatic heterocycles. The third kappa shape index (κ3) is 3.42. The fourth-order valence-corrected chi connectivity index (χ4v) is 3.64. The molecule has 0 bridgehead atoms. The first kappa shape index (κ1) is 15.9. The number of likely N-dealkylation sites (N-methyl/N-ethyl adjacent to an activating group) is 1. The minimum absolute atomic E-state index is 0.00669. The number of aromatic nitrogens is 3. The van der Waals surface area contributed by atoms with E-state index < -0.39 is 10.0 Å². The van der Waals surface area contributed by atoms with E-state index in [-0.39, 0.29) is 10.9 Å². The predicted molar refractivity (Wildman–Crippen MR) is 80.6 cm³/mol. The first-order valence-electron chi connectivity index (χ1n) is 6.42. The van der Waals surface area contributed by atoms with Crippen molar-refractivity contribution in [3.63, 3.8) is 0 Å². The lowest BCUT2D eigenvalue weighted by Gasteiger charge is -2.16.